The molecule has 5 atom stereocenters. The maximum absolute atomic E-state index is 13.0. The van der Waals surface area contributed by atoms with E-state index in [0.717, 1.165) is 64.6 Å². The molecule has 2 aliphatic heterocycles. The Morgan fingerprint density at radius 3 is 1.69 bits per heavy atom. The third-order valence-corrected chi connectivity index (χ3v) is 9.39. The largest absolute Gasteiger partial charge is 0.444 e. The van der Waals surface area contributed by atoms with Crippen LogP contribution >= 0.6 is 0 Å². The highest BCUT2D eigenvalue weighted by Gasteiger charge is 2.56. The van der Waals surface area contributed by atoms with Crippen molar-refractivity contribution in [2.24, 2.45) is 11.8 Å². The van der Waals surface area contributed by atoms with E-state index in [-0.39, 0.29) is 30.3 Å². The Morgan fingerprint density at radius 1 is 0.688 bits per heavy atom. The topological polar surface area (TPSA) is 116 Å². The highest BCUT2D eigenvalue weighted by atomic mass is 16.6. The fraction of sp³-hybridized carbons (Fsp3) is 0.474. The molecule has 3 unspecified atom stereocenters. The Balaban J connectivity index is 1.02. The van der Waals surface area contributed by atoms with Gasteiger partial charge >= 0.3 is 12.2 Å². The van der Waals surface area contributed by atoms with Crippen molar-refractivity contribution in [2.45, 2.75) is 97.1 Å². The van der Waals surface area contributed by atoms with Gasteiger partial charge in [-0.15, -0.1) is 0 Å². The van der Waals surface area contributed by atoms with E-state index < -0.39 is 11.2 Å². The molecule has 2 amide bonds. The number of imidazole rings is 2. The monoisotopic (exact) mass is 650 g/mol. The molecule has 1 saturated carbocycles. The van der Waals surface area contributed by atoms with Gasteiger partial charge in [0.2, 0.25) is 0 Å². The fourth-order valence-electron chi connectivity index (χ4n) is 7.10. The summed E-state index contributed by atoms with van der Waals surface area (Å²) in [4.78, 5) is 46.0. The Bertz CT molecular complexity index is 1710. The van der Waals surface area contributed by atoms with Gasteiger partial charge in [0.1, 0.15) is 22.9 Å². The number of fused-ring (bicyclic) bond motifs is 1. The second kappa shape index (κ2) is 11.8. The van der Waals surface area contributed by atoms with Crippen LogP contribution in [0.1, 0.15) is 91.5 Å². The van der Waals surface area contributed by atoms with Crippen molar-refractivity contribution in [1.82, 2.24) is 29.7 Å². The number of benzene rings is 2. The minimum absolute atomic E-state index is 0.0910. The maximum atomic E-state index is 13.0. The smallest absolute Gasteiger partial charge is 0.411 e. The quantitative estimate of drug-likeness (QED) is 0.224. The van der Waals surface area contributed by atoms with Crippen molar-refractivity contribution in [3.05, 3.63) is 72.6 Å². The molecule has 0 radical (unpaired) electrons. The maximum Gasteiger partial charge on any atom is 0.411 e. The van der Waals surface area contributed by atoms with Gasteiger partial charge in [-0.2, -0.15) is 0 Å². The van der Waals surface area contributed by atoms with Crippen molar-refractivity contribution in [2.75, 3.05) is 6.54 Å². The van der Waals surface area contributed by atoms with Crippen LogP contribution in [-0.2, 0) is 9.47 Å². The number of carbonyl (C=O) groups is 2. The molecule has 4 aromatic rings. The Labute approximate surface area is 282 Å². The van der Waals surface area contributed by atoms with Crippen molar-refractivity contribution >= 4 is 12.2 Å². The number of rotatable bonds is 5. The molecule has 48 heavy (non-hydrogen) atoms. The Morgan fingerprint density at radius 2 is 1.17 bits per heavy atom. The lowest BCUT2D eigenvalue weighted by Crippen LogP contribution is -2.38. The fourth-order valence-corrected chi connectivity index (χ4v) is 7.10. The van der Waals surface area contributed by atoms with Crippen LogP contribution in [0, 0.1) is 11.8 Å². The third kappa shape index (κ3) is 6.57. The first-order chi connectivity index (χ1) is 22.7. The van der Waals surface area contributed by atoms with Gasteiger partial charge in [-0.3, -0.25) is 9.80 Å². The average molecular weight is 651 g/mol. The lowest BCUT2D eigenvalue weighted by molar-refractivity contribution is 0.0172. The zero-order valence-electron chi connectivity index (χ0n) is 28.9. The molecule has 7 rings (SSSR count). The van der Waals surface area contributed by atoms with Crippen LogP contribution in [0.2, 0.25) is 0 Å². The molecule has 2 aromatic heterocycles. The highest BCUT2D eigenvalue weighted by Crippen LogP contribution is 2.53. The third-order valence-electron chi connectivity index (χ3n) is 9.39. The molecule has 2 N–H and O–H groups in total. The van der Waals surface area contributed by atoms with Crippen LogP contribution in [0.3, 0.4) is 0 Å². The molecule has 10 nitrogen and oxygen atoms in total. The first-order valence-corrected chi connectivity index (χ1v) is 17.0. The van der Waals surface area contributed by atoms with Gasteiger partial charge in [0.05, 0.1) is 35.9 Å². The number of nitrogens with zero attached hydrogens (tertiary/aromatic N) is 4. The minimum Gasteiger partial charge on any atom is -0.444 e. The van der Waals surface area contributed by atoms with Crippen LogP contribution in [0.5, 0.6) is 0 Å². The summed E-state index contributed by atoms with van der Waals surface area (Å²) in [5.74, 6) is 2.49. The molecular weight excluding hydrogens is 604 g/mol. The predicted octanol–water partition coefficient (Wildman–Crippen LogP) is 8.52. The number of aromatic amines is 2. The van der Waals surface area contributed by atoms with E-state index in [1.165, 1.54) is 0 Å². The van der Waals surface area contributed by atoms with Gasteiger partial charge in [0, 0.05) is 12.6 Å². The lowest BCUT2D eigenvalue weighted by Gasteiger charge is -2.29. The van der Waals surface area contributed by atoms with Crippen LogP contribution in [0.25, 0.3) is 33.6 Å². The highest BCUT2D eigenvalue weighted by molar-refractivity contribution is 5.73. The number of amides is 2. The van der Waals surface area contributed by atoms with Crippen molar-refractivity contribution in [3.8, 4) is 33.6 Å². The normalized spacial score (nSPS) is 23.7. The van der Waals surface area contributed by atoms with Crippen LogP contribution in [0.4, 0.5) is 9.59 Å². The lowest BCUT2D eigenvalue weighted by atomic mass is 10.0. The second-order valence-electron chi connectivity index (χ2n) is 15.7. The Hall–Kier alpha value is -4.60. The molecule has 2 saturated heterocycles. The van der Waals surface area contributed by atoms with Crippen LogP contribution in [-0.4, -0.2) is 65.7 Å². The van der Waals surface area contributed by atoms with Gasteiger partial charge in [-0.1, -0.05) is 55.5 Å². The summed E-state index contributed by atoms with van der Waals surface area (Å²) in [7, 11) is 0. The van der Waals surface area contributed by atoms with Crippen molar-refractivity contribution in [1.29, 1.82) is 0 Å². The van der Waals surface area contributed by atoms with E-state index in [1.807, 2.05) is 58.8 Å². The first-order valence-electron chi connectivity index (χ1n) is 17.0. The number of piperidine rings is 1. The summed E-state index contributed by atoms with van der Waals surface area (Å²) in [6.07, 6.45) is 5.94. The Kier molecular flexibility index (Phi) is 7.88. The van der Waals surface area contributed by atoms with Gasteiger partial charge in [-0.25, -0.2) is 19.6 Å². The zero-order valence-corrected chi connectivity index (χ0v) is 28.9. The van der Waals surface area contributed by atoms with E-state index in [4.69, 9.17) is 14.5 Å². The van der Waals surface area contributed by atoms with Crippen molar-refractivity contribution in [3.63, 3.8) is 0 Å². The molecule has 2 aromatic carbocycles. The number of aromatic nitrogens is 4. The summed E-state index contributed by atoms with van der Waals surface area (Å²) in [6.45, 7) is 14.2. The van der Waals surface area contributed by atoms with Crippen LogP contribution < -0.4 is 0 Å². The standard InChI is InChI=1S/C38H46N6O4/c1-22-16-31(43(21-22)35(45)47-37(2,3)4)33-39-19-28(41-33)25-12-8-23(9-13-25)24-10-14-26(15-11-24)29-20-40-34(42-29)32-18-27-17-30(27)44(32)36(46)48-38(5,6)7/h8-15,19-20,22,27,30-32H,16-18,21H2,1-7H3,(H,39,41)(H,40,42)/t22-,27?,30+,31?,32?/m1/s1. The summed E-state index contributed by atoms with van der Waals surface area (Å²) in [5, 5.41) is 0. The van der Waals surface area contributed by atoms with E-state index in [0.29, 0.717) is 18.4 Å². The molecule has 10 heteroatoms. The minimum atomic E-state index is -0.547. The number of hydrogen-bond donors (Lipinski definition) is 2. The summed E-state index contributed by atoms with van der Waals surface area (Å²) in [5.41, 5.74) is 5.03. The number of ether oxygens (including phenoxy) is 2. The SMILES string of the molecule is C[C@@H]1CC(c2ncc(-c3ccc(-c4ccc(-c5cnc(C6CC7C[C@@H]7N6C(=O)OC(C)(C)C)[nH]5)cc4)cc3)[nH]2)N(C(=O)OC(C)(C)C)C1. The molecule has 0 spiro atoms. The van der Waals surface area contributed by atoms with E-state index in [1.54, 1.807) is 4.90 Å². The molecule has 0 bridgehead atoms. The van der Waals surface area contributed by atoms with E-state index >= 15 is 0 Å². The second-order valence-corrected chi connectivity index (χ2v) is 15.7. The summed E-state index contributed by atoms with van der Waals surface area (Å²) in [6, 6.07) is 16.8. The summed E-state index contributed by atoms with van der Waals surface area (Å²) < 4.78 is 11.4. The molecule has 1 aliphatic carbocycles. The average Bonchev–Trinajstić information content (AvgIpc) is 3.51. The first kappa shape index (κ1) is 32.0. The van der Waals surface area contributed by atoms with Gasteiger partial charge in [0.25, 0.3) is 0 Å². The van der Waals surface area contributed by atoms with Crippen LogP contribution in [0.15, 0.2) is 60.9 Å². The van der Waals surface area contributed by atoms with Crippen molar-refractivity contribution < 1.29 is 19.1 Å². The number of H-pyrrole nitrogens is 2. The molecule has 4 heterocycles. The number of carbonyl (C=O) groups excluding carboxylic acids is 2. The number of likely N-dealkylation sites (tertiary alicyclic amines) is 2. The summed E-state index contributed by atoms with van der Waals surface area (Å²) >= 11 is 0. The number of hydrogen-bond acceptors (Lipinski definition) is 6. The van der Waals surface area contributed by atoms with E-state index in [2.05, 4.69) is 70.4 Å². The van der Waals surface area contributed by atoms with Gasteiger partial charge in [-0.05, 0) is 94.9 Å². The molecular formula is C38H46N6O4. The molecule has 3 fully saturated rings. The predicted molar refractivity (Wildman–Crippen MR) is 184 cm³/mol. The zero-order chi connectivity index (χ0) is 34.0. The molecule has 3 aliphatic rings. The van der Waals surface area contributed by atoms with Gasteiger partial charge < -0.3 is 19.4 Å². The molecule has 252 valence electrons. The van der Waals surface area contributed by atoms with Gasteiger partial charge in [0.15, 0.2) is 0 Å². The van der Waals surface area contributed by atoms with E-state index in [9.17, 15) is 9.59 Å². The number of nitrogens with one attached hydrogen (secondary N) is 2.